The third-order valence-electron chi connectivity index (χ3n) is 10.2. The Labute approximate surface area is 323 Å². The first-order chi connectivity index (χ1) is 27.2. The van der Waals surface area contributed by atoms with Crippen LogP contribution in [0.1, 0.15) is 0 Å². The van der Waals surface area contributed by atoms with Gasteiger partial charge in [0.25, 0.3) is 0 Å². The van der Waals surface area contributed by atoms with Gasteiger partial charge >= 0.3 is 0 Å². The van der Waals surface area contributed by atoms with Gasteiger partial charge in [0.15, 0.2) is 17.5 Å². The van der Waals surface area contributed by atoms with E-state index in [0.29, 0.717) is 17.5 Å². The Kier molecular flexibility index (Phi) is 8.36. The molecule has 8 aromatic carbocycles. The predicted molar refractivity (Wildman–Crippen MR) is 231 cm³/mol. The summed E-state index contributed by atoms with van der Waals surface area (Å²) in [5.74, 6) is 1.99. The minimum Gasteiger partial charge on any atom is -0.208 e. The van der Waals surface area contributed by atoms with Crippen LogP contribution in [0.3, 0.4) is 0 Å². The van der Waals surface area contributed by atoms with E-state index >= 15 is 0 Å². The molecule has 0 bridgehead atoms. The van der Waals surface area contributed by atoms with Crippen LogP contribution in [0.4, 0.5) is 0 Å². The second kappa shape index (κ2) is 14.1. The number of rotatable bonds is 7. The second-order valence-electron chi connectivity index (χ2n) is 13.6. The number of benzene rings is 8. The lowest BCUT2D eigenvalue weighted by Crippen LogP contribution is -2.00. The lowest BCUT2D eigenvalue weighted by Gasteiger charge is -2.11. The maximum atomic E-state index is 5.08. The van der Waals surface area contributed by atoms with Crippen LogP contribution in [-0.2, 0) is 0 Å². The zero-order valence-electron chi connectivity index (χ0n) is 29.8. The zero-order chi connectivity index (χ0) is 36.6. The monoisotopic (exact) mass is 719 g/mol. The Hall–Kier alpha value is -7.01. The molecule has 0 spiro atoms. The molecule has 0 N–H and O–H groups in total. The van der Waals surface area contributed by atoms with Crippen LogP contribution in [0, 0.1) is 0 Å². The highest BCUT2D eigenvalue weighted by molar-refractivity contribution is 7.26. The smallest absolute Gasteiger partial charge is 0.164 e. The molecule has 0 aliphatic heterocycles. The lowest BCUT2D eigenvalue weighted by molar-refractivity contribution is 1.08. The topological polar surface area (TPSA) is 38.7 Å². The van der Waals surface area contributed by atoms with Crippen molar-refractivity contribution < 1.29 is 0 Å². The first-order valence-corrected chi connectivity index (χ1v) is 19.3. The van der Waals surface area contributed by atoms with Crippen molar-refractivity contribution in [2.75, 3.05) is 0 Å². The fourth-order valence-electron chi connectivity index (χ4n) is 7.42. The molecule has 0 amide bonds. The van der Waals surface area contributed by atoms with Crippen LogP contribution in [0.2, 0.25) is 0 Å². The molecule has 10 rings (SSSR count). The van der Waals surface area contributed by atoms with Gasteiger partial charge in [0.1, 0.15) is 0 Å². The minimum absolute atomic E-state index is 0.661. The summed E-state index contributed by atoms with van der Waals surface area (Å²) in [6, 6.07) is 70.6. The number of hydrogen-bond donors (Lipinski definition) is 0. The van der Waals surface area contributed by atoms with E-state index in [1.165, 1.54) is 64.7 Å². The van der Waals surface area contributed by atoms with Crippen molar-refractivity contribution in [2.45, 2.75) is 0 Å². The Bertz CT molecular complexity index is 2880. The highest BCUT2D eigenvalue weighted by Gasteiger charge is 2.17. The first-order valence-electron chi connectivity index (χ1n) is 18.4. The Morgan fingerprint density at radius 2 is 0.691 bits per heavy atom. The summed E-state index contributed by atoms with van der Waals surface area (Å²) in [7, 11) is 0. The summed E-state index contributed by atoms with van der Waals surface area (Å²) >= 11 is 1.80. The van der Waals surface area contributed by atoms with Gasteiger partial charge in [-0.15, -0.1) is 11.3 Å². The molecule has 0 aliphatic carbocycles. The molecule has 0 radical (unpaired) electrons. The van der Waals surface area contributed by atoms with Crippen LogP contribution >= 0.6 is 11.3 Å². The molecule has 55 heavy (non-hydrogen) atoms. The minimum atomic E-state index is 0.661. The molecular formula is C51H33N3S. The molecule has 10 aromatic rings. The molecule has 0 aliphatic rings. The Morgan fingerprint density at radius 3 is 1.25 bits per heavy atom. The van der Waals surface area contributed by atoms with Crippen molar-refractivity contribution >= 4 is 31.5 Å². The number of fused-ring (bicyclic) bond motifs is 3. The highest BCUT2D eigenvalue weighted by Crippen LogP contribution is 2.42. The summed E-state index contributed by atoms with van der Waals surface area (Å²) in [5, 5.41) is 2.37. The van der Waals surface area contributed by atoms with E-state index in [9.17, 15) is 0 Å². The van der Waals surface area contributed by atoms with Gasteiger partial charge < -0.3 is 0 Å². The highest BCUT2D eigenvalue weighted by atomic mass is 32.1. The van der Waals surface area contributed by atoms with Gasteiger partial charge in [0.05, 0.1) is 0 Å². The average Bonchev–Trinajstić information content (AvgIpc) is 3.66. The van der Waals surface area contributed by atoms with Gasteiger partial charge in [-0.05, 0) is 62.7 Å². The van der Waals surface area contributed by atoms with Gasteiger partial charge in [-0.1, -0.05) is 182 Å². The van der Waals surface area contributed by atoms with Crippen LogP contribution in [0.15, 0.2) is 200 Å². The van der Waals surface area contributed by atoms with Crippen molar-refractivity contribution in [1.82, 2.24) is 15.0 Å². The van der Waals surface area contributed by atoms with Gasteiger partial charge in [-0.3, -0.25) is 0 Å². The molecule has 2 heterocycles. The fraction of sp³-hybridized carbons (Fsp3) is 0. The van der Waals surface area contributed by atoms with Gasteiger partial charge in [-0.25, -0.2) is 15.0 Å². The fourth-order valence-corrected chi connectivity index (χ4v) is 8.54. The van der Waals surface area contributed by atoms with E-state index in [1.54, 1.807) is 11.3 Å². The third kappa shape index (κ3) is 6.29. The summed E-state index contributed by atoms with van der Waals surface area (Å²) < 4.78 is 2.44. The third-order valence-corrected chi connectivity index (χ3v) is 11.3. The average molecular weight is 720 g/mol. The van der Waals surface area contributed by atoms with Crippen LogP contribution in [-0.4, -0.2) is 15.0 Å². The Morgan fingerprint density at radius 1 is 0.273 bits per heavy atom. The van der Waals surface area contributed by atoms with Crippen LogP contribution in [0.25, 0.3) is 98.8 Å². The van der Waals surface area contributed by atoms with Gasteiger partial charge in [0.2, 0.25) is 0 Å². The van der Waals surface area contributed by atoms with Crippen LogP contribution in [0.5, 0.6) is 0 Å². The normalized spacial score (nSPS) is 11.3. The Balaban J connectivity index is 1.00. The number of nitrogens with zero attached hydrogens (tertiary/aromatic N) is 3. The molecule has 0 atom stereocenters. The van der Waals surface area contributed by atoms with Crippen LogP contribution < -0.4 is 0 Å². The van der Waals surface area contributed by atoms with E-state index in [0.717, 1.165) is 16.7 Å². The van der Waals surface area contributed by atoms with E-state index in [-0.39, 0.29) is 0 Å². The molecule has 0 unspecified atom stereocenters. The molecule has 0 fully saturated rings. The SMILES string of the molecule is c1ccc(-c2nc(-c3ccccc3)nc(-c3cccc4sc5ccc(-c6ccc(-c7ccc(-c8ccccc8-c8ccccc8)cc7)cc6)cc5c34)n2)cc1. The van der Waals surface area contributed by atoms with Crippen molar-refractivity contribution in [2.24, 2.45) is 0 Å². The summed E-state index contributed by atoms with van der Waals surface area (Å²) in [4.78, 5) is 15.1. The zero-order valence-corrected chi connectivity index (χ0v) is 30.6. The van der Waals surface area contributed by atoms with Gasteiger partial charge in [-0.2, -0.15) is 0 Å². The molecule has 2 aromatic heterocycles. The molecule has 4 heteroatoms. The maximum absolute atomic E-state index is 5.08. The molecule has 0 saturated heterocycles. The quantitative estimate of drug-likeness (QED) is 0.165. The number of thiophene rings is 1. The summed E-state index contributed by atoms with van der Waals surface area (Å²) in [6.07, 6.45) is 0. The molecule has 258 valence electrons. The van der Waals surface area contributed by atoms with Crippen molar-refractivity contribution in [3.8, 4) is 78.7 Å². The summed E-state index contributed by atoms with van der Waals surface area (Å²) in [6.45, 7) is 0. The van der Waals surface area contributed by atoms with E-state index in [1.807, 2.05) is 60.7 Å². The molecule has 3 nitrogen and oxygen atoms in total. The van der Waals surface area contributed by atoms with E-state index in [2.05, 4.69) is 140 Å². The number of hydrogen-bond acceptors (Lipinski definition) is 4. The van der Waals surface area contributed by atoms with Gasteiger partial charge in [0, 0.05) is 36.9 Å². The molecule has 0 saturated carbocycles. The van der Waals surface area contributed by atoms with E-state index < -0.39 is 0 Å². The standard InChI is InChI=1S/C51H33N3S/c1-4-13-37(14-5-1)42-19-10-11-20-43(42)38-29-27-35(28-30-38)34-23-25-36(26-24-34)41-31-32-46-45(33-41)48-44(21-12-22-47(48)55-46)51-53-49(39-15-6-2-7-16-39)52-50(54-51)40-17-8-3-9-18-40/h1-33H. The van der Waals surface area contributed by atoms with Crippen molar-refractivity contribution in [3.05, 3.63) is 200 Å². The van der Waals surface area contributed by atoms with Crippen molar-refractivity contribution in [1.29, 1.82) is 0 Å². The van der Waals surface area contributed by atoms with E-state index in [4.69, 9.17) is 15.0 Å². The second-order valence-corrected chi connectivity index (χ2v) is 14.7. The number of aromatic nitrogens is 3. The predicted octanol–water partition coefficient (Wildman–Crippen LogP) is 13.9. The maximum Gasteiger partial charge on any atom is 0.164 e. The summed E-state index contributed by atoms with van der Waals surface area (Å²) in [5.41, 5.74) is 12.6. The lowest BCUT2D eigenvalue weighted by atomic mass is 9.93. The molecular weight excluding hydrogens is 687 g/mol. The van der Waals surface area contributed by atoms with Crippen molar-refractivity contribution in [3.63, 3.8) is 0 Å². The first kappa shape index (κ1) is 32.6. The largest absolute Gasteiger partial charge is 0.208 e.